The number of methoxy groups -OCH3 is 1. The molecule has 4 aromatic rings. The quantitative estimate of drug-likeness (QED) is 0.437. The van der Waals surface area contributed by atoms with Crippen molar-refractivity contribution in [2.75, 3.05) is 20.8 Å². The molecule has 0 N–H and O–H groups in total. The fourth-order valence-corrected chi connectivity index (χ4v) is 3.48. The Morgan fingerprint density at radius 2 is 1.71 bits per heavy atom. The van der Waals surface area contributed by atoms with Crippen LogP contribution in [0.15, 0.2) is 73.1 Å². The molecule has 0 spiro atoms. The molecule has 31 heavy (non-hydrogen) atoms. The summed E-state index contributed by atoms with van der Waals surface area (Å²) >= 11 is 0. The third kappa shape index (κ3) is 4.50. The molecule has 4 rings (SSSR count). The zero-order valence-electron chi connectivity index (χ0n) is 17.6. The monoisotopic (exact) mass is 416 g/mol. The Bertz CT molecular complexity index is 1170. The number of ether oxygens (including phenoxy) is 2. The number of hydrogen-bond donors (Lipinski definition) is 0. The van der Waals surface area contributed by atoms with E-state index in [4.69, 9.17) is 14.5 Å². The summed E-state index contributed by atoms with van der Waals surface area (Å²) in [6, 6.07) is 18.9. The van der Waals surface area contributed by atoms with Crippen LogP contribution in [-0.4, -0.2) is 46.1 Å². The molecule has 0 fully saturated rings. The summed E-state index contributed by atoms with van der Waals surface area (Å²) < 4.78 is 13.4. The fraction of sp³-hybridized carbons (Fsp3) is 0.208. The summed E-state index contributed by atoms with van der Waals surface area (Å²) in [6.07, 6.45) is 3.23. The van der Waals surface area contributed by atoms with E-state index in [1.165, 1.54) is 0 Å². The van der Waals surface area contributed by atoms with E-state index < -0.39 is 0 Å². The minimum atomic E-state index is -0.0775. The first-order valence-corrected chi connectivity index (χ1v) is 10.0. The summed E-state index contributed by atoms with van der Waals surface area (Å²) in [6.45, 7) is 1.41. The molecule has 0 aliphatic carbocycles. The number of imidazole rings is 1. The number of carbonyl (C=O) groups excluding carboxylic acids is 1. The van der Waals surface area contributed by atoms with Gasteiger partial charge in [-0.1, -0.05) is 24.3 Å². The van der Waals surface area contributed by atoms with Crippen LogP contribution in [0.4, 0.5) is 0 Å². The molecule has 0 radical (unpaired) electrons. The van der Waals surface area contributed by atoms with Crippen molar-refractivity contribution in [1.29, 1.82) is 0 Å². The predicted molar refractivity (Wildman–Crippen MR) is 118 cm³/mol. The van der Waals surface area contributed by atoms with E-state index in [0.29, 0.717) is 36.8 Å². The number of carbonyl (C=O) groups is 1. The largest absolute Gasteiger partial charge is 0.493 e. The Hall–Kier alpha value is -3.87. The van der Waals surface area contributed by atoms with E-state index in [1.807, 2.05) is 48.5 Å². The summed E-state index contributed by atoms with van der Waals surface area (Å²) in [5.41, 5.74) is 2.49. The van der Waals surface area contributed by atoms with Crippen LogP contribution in [0.5, 0.6) is 11.5 Å². The molecule has 1 amide bonds. The maximum Gasteiger partial charge on any atom is 0.254 e. The number of hydrogen-bond acceptors (Lipinski definition) is 5. The molecule has 7 nitrogen and oxygen atoms in total. The Balaban J connectivity index is 1.54. The molecule has 0 bridgehead atoms. The van der Waals surface area contributed by atoms with E-state index in [-0.39, 0.29) is 5.91 Å². The zero-order valence-corrected chi connectivity index (χ0v) is 17.6. The number of para-hydroxylation sites is 4. The molecule has 0 aliphatic rings. The van der Waals surface area contributed by atoms with Crippen LogP contribution in [0.2, 0.25) is 0 Å². The molecule has 158 valence electrons. The molecular formula is C24H24N4O3. The van der Waals surface area contributed by atoms with E-state index in [1.54, 1.807) is 43.6 Å². The van der Waals surface area contributed by atoms with Crippen LogP contribution in [-0.2, 0) is 13.1 Å². The first-order valence-electron chi connectivity index (χ1n) is 10.0. The lowest BCUT2D eigenvalue weighted by molar-refractivity contribution is 0.0780. The van der Waals surface area contributed by atoms with E-state index in [0.717, 1.165) is 16.9 Å². The molecule has 0 unspecified atom stereocenters. The van der Waals surface area contributed by atoms with E-state index in [9.17, 15) is 4.79 Å². The number of fused-ring (bicyclic) bond motifs is 1. The highest BCUT2D eigenvalue weighted by Crippen LogP contribution is 2.26. The van der Waals surface area contributed by atoms with Gasteiger partial charge in [-0.2, -0.15) is 0 Å². The van der Waals surface area contributed by atoms with Crippen LogP contribution >= 0.6 is 0 Å². The van der Waals surface area contributed by atoms with Crippen molar-refractivity contribution in [3.63, 3.8) is 0 Å². The van der Waals surface area contributed by atoms with Gasteiger partial charge in [-0.3, -0.25) is 9.78 Å². The number of nitrogens with zero attached hydrogens (tertiary/aromatic N) is 4. The second-order valence-electron chi connectivity index (χ2n) is 7.06. The van der Waals surface area contributed by atoms with E-state index >= 15 is 0 Å². The van der Waals surface area contributed by atoms with Crippen molar-refractivity contribution in [2.45, 2.75) is 13.1 Å². The van der Waals surface area contributed by atoms with Crippen LogP contribution in [0.3, 0.4) is 0 Å². The van der Waals surface area contributed by atoms with Gasteiger partial charge in [0.25, 0.3) is 5.91 Å². The minimum absolute atomic E-state index is 0.0775. The van der Waals surface area contributed by atoms with Gasteiger partial charge in [0.2, 0.25) is 0 Å². The van der Waals surface area contributed by atoms with Gasteiger partial charge in [-0.25, -0.2) is 4.98 Å². The Morgan fingerprint density at radius 3 is 2.48 bits per heavy atom. The average Bonchev–Trinajstić information content (AvgIpc) is 3.16. The van der Waals surface area contributed by atoms with Crippen molar-refractivity contribution >= 4 is 16.9 Å². The van der Waals surface area contributed by atoms with Crippen LogP contribution in [0, 0.1) is 0 Å². The Kier molecular flexibility index (Phi) is 6.12. The topological polar surface area (TPSA) is 69.5 Å². The number of aromatic nitrogens is 3. The van der Waals surface area contributed by atoms with Crippen molar-refractivity contribution in [1.82, 2.24) is 19.4 Å². The highest BCUT2D eigenvalue weighted by Gasteiger charge is 2.17. The number of rotatable bonds is 8. The summed E-state index contributed by atoms with van der Waals surface area (Å²) in [7, 11) is 3.40. The van der Waals surface area contributed by atoms with E-state index in [2.05, 4.69) is 9.55 Å². The third-order valence-electron chi connectivity index (χ3n) is 5.03. The second kappa shape index (κ2) is 9.30. The molecule has 7 heteroatoms. The van der Waals surface area contributed by atoms with Gasteiger partial charge in [0.05, 0.1) is 31.2 Å². The lowest BCUT2D eigenvalue weighted by atomic mass is 10.2. The number of pyridine rings is 1. The van der Waals surface area contributed by atoms with Gasteiger partial charge < -0.3 is 18.9 Å². The first kappa shape index (κ1) is 20.4. The summed E-state index contributed by atoms with van der Waals surface area (Å²) in [5, 5.41) is 0. The third-order valence-corrected chi connectivity index (χ3v) is 5.03. The minimum Gasteiger partial charge on any atom is -0.493 e. The van der Waals surface area contributed by atoms with Gasteiger partial charge in [-0.05, 0) is 36.4 Å². The van der Waals surface area contributed by atoms with Crippen LogP contribution < -0.4 is 9.47 Å². The second-order valence-corrected chi connectivity index (χ2v) is 7.06. The molecule has 2 aromatic heterocycles. The Labute approximate surface area is 180 Å². The SMILES string of the molecule is COc1ccccc1OCCn1c(CN(C)C(=O)c2ccncc2)nc2ccccc21. The van der Waals surface area contributed by atoms with Crippen molar-refractivity contribution in [3.8, 4) is 11.5 Å². The fourth-order valence-electron chi connectivity index (χ4n) is 3.48. The van der Waals surface area contributed by atoms with Crippen molar-refractivity contribution in [3.05, 3.63) is 84.4 Å². The van der Waals surface area contributed by atoms with Gasteiger partial charge in [-0.15, -0.1) is 0 Å². The molecule has 0 saturated heterocycles. The molecule has 2 heterocycles. The molecule has 0 saturated carbocycles. The van der Waals surface area contributed by atoms with Crippen molar-refractivity contribution < 1.29 is 14.3 Å². The van der Waals surface area contributed by atoms with Crippen LogP contribution in [0.1, 0.15) is 16.2 Å². The smallest absolute Gasteiger partial charge is 0.254 e. The lowest BCUT2D eigenvalue weighted by Crippen LogP contribution is -2.28. The van der Waals surface area contributed by atoms with Gasteiger partial charge in [0, 0.05) is 25.0 Å². The van der Waals surface area contributed by atoms with Crippen molar-refractivity contribution in [2.24, 2.45) is 0 Å². The van der Waals surface area contributed by atoms with Gasteiger partial charge >= 0.3 is 0 Å². The maximum atomic E-state index is 12.8. The lowest BCUT2D eigenvalue weighted by Gasteiger charge is -2.18. The molecule has 2 aromatic carbocycles. The predicted octanol–water partition coefficient (Wildman–Crippen LogP) is 3.79. The molecule has 0 atom stereocenters. The number of benzene rings is 2. The van der Waals surface area contributed by atoms with Gasteiger partial charge in [0.15, 0.2) is 11.5 Å². The molecule has 0 aliphatic heterocycles. The standard InChI is InChI=1S/C24H24N4O3/c1-27(24(29)18-11-13-25-14-12-18)17-23-26-19-7-3-4-8-20(19)28(23)15-16-31-22-10-6-5-9-21(22)30-2/h3-14H,15-17H2,1-2H3. The summed E-state index contributed by atoms with van der Waals surface area (Å²) in [4.78, 5) is 23.2. The summed E-state index contributed by atoms with van der Waals surface area (Å²) in [5.74, 6) is 2.11. The highest BCUT2D eigenvalue weighted by atomic mass is 16.5. The van der Waals surface area contributed by atoms with Gasteiger partial charge in [0.1, 0.15) is 12.4 Å². The first-order chi connectivity index (χ1) is 15.2. The Morgan fingerprint density at radius 1 is 1.00 bits per heavy atom. The normalized spacial score (nSPS) is 10.8. The zero-order chi connectivity index (χ0) is 21.6. The van der Waals surface area contributed by atoms with Crippen LogP contribution in [0.25, 0.3) is 11.0 Å². The highest BCUT2D eigenvalue weighted by molar-refractivity contribution is 5.93. The average molecular weight is 416 g/mol. The maximum absolute atomic E-state index is 12.8. The number of amides is 1. The molecular weight excluding hydrogens is 392 g/mol.